The standard InChI is InChI=1S/C17H21F2N7/c1-4-25-7-6-12(24-25)9-20-17-22-14(8-15(23-17)16(18)19)13-10-21-26(5-2)11(13)3/h6-8,10,16H,4-5,9H2,1-3H3,(H,20,22,23). The minimum absolute atomic E-state index is 0.146. The first kappa shape index (κ1) is 18.0. The second-order valence-corrected chi connectivity index (χ2v) is 5.78. The molecule has 0 unspecified atom stereocenters. The van der Waals surface area contributed by atoms with Crippen molar-refractivity contribution in [2.75, 3.05) is 5.32 Å². The molecule has 0 fully saturated rings. The van der Waals surface area contributed by atoms with Gasteiger partial charge in [-0.2, -0.15) is 10.2 Å². The molecule has 9 heteroatoms. The maximum Gasteiger partial charge on any atom is 0.280 e. The van der Waals surface area contributed by atoms with Gasteiger partial charge >= 0.3 is 0 Å². The van der Waals surface area contributed by atoms with Gasteiger partial charge in [-0.1, -0.05) is 0 Å². The van der Waals surface area contributed by atoms with Crippen LogP contribution in [0, 0.1) is 6.92 Å². The number of aryl methyl sites for hydroxylation is 2. The number of rotatable bonds is 7. The molecule has 0 amide bonds. The zero-order chi connectivity index (χ0) is 18.7. The second-order valence-electron chi connectivity index (χ2n) is 5.78. The van der Waals surface area contributed by atoms with Crippen molar-refractivity contribution in [2.24, 2.45) is 0 Å². The van der Waals surface area contributed by atoms with Crippen LogP contribution in [0.15, 0.2) is 24.5 Å². The third kappa shape index (κ3) is 3.71. The monoisotopic (exact) mass is 361 g/mol. The van der Waals surface area contributed by atoms with Crippen molar-refractivity contribution in [3.8, 4) is 11.3 Å². The Bertz CT molecular complexity index is 885. The van der Waals surface area contributed by atoms with E-state index in [0.717, 1.165) is 23.5 Å². The van der Waals surface area contributed by atoms with Crippen molar-refractivity contribution in [1.82, 2.24) is 29.5 Å². The van der Waals surface area contributed by atoms with Crippen molar-refractivity contribution in [3.05, 3.63) is 41.6 Å². The summed E-state index contributed by atoms with van der Waals surface area (Å²) in [6.07, 6.45) is 0.822. The summed E-state index contributed by atoms with van der Waals surface area (Å²) in [6.45, 7) is 7.67. The molecular formula is C17H21F2N7. The van der Waals surface area contributed by atoms with Crippen LogP contribution in [0.4, 0.5) is 14.7 Å². The number of aromatic nitrogens is 6. The summed E-state index contributed by atoms with van der Waals surface area (Å²) < 4.78 is 30.1. The van der Waals surface area contributed by atoms with Crippen molar-refractivity contribution in [3.63, 3.8) is 0 Å². The molecule has 0 atom stereocenters. The largest absolute Gasteiger partial charge is 0.348 e. The summed E-state index contributed by atoms with van der Waals surface area (Å²) in [7, 11) is 0. The van der Waals surface area contributed by atoms with E-state index >= 15 is 0 Å². The van der Waals surface area contributed by atoms with Crippen molar-refractivity contribution in [2.45, 2.75) is 46.8 Å². The van der Waals surface area contributed by atoms with Gasteiger partial charge < -0.3 is 5.32 Å². The van der Waals surface area contributed by atoms with E-state index in [9.17, 15) is 8.78 Å². The van der Waals surface area contributed by atoms with Gasteiger partial charge in [0.15, 0.2) is 0 Å². The molecule has 0 spiro atoms. The number of nitrogens with one attached hydrogen (secondary N) is 1. The van der Waals surface area contributed by atoms with E-state index in [0.29, 0.717) is 18.8 Å². The Morgan fingerprint density at radius 1 is 1.19 bits per heavy atom. The fourth-order valence-electron chi connectivity index (χ4n) is 2.66. The lowest BCUT2D eigenvalue weighted by atomic mass is 10.1. The van der Waals surface area contributed by atoms with E-state index in [2.05, 4.69) is 25.5 Å². The van der Waals surface area contributed by atoms with Gasteiger partial charge in [-0.3, -0.25) is 9.36 Å². The van der Waals surface area contributed by atoms with Gasteiger partial charge in [-0.25, -0.2) is 18.7 Å². The topological polar surface area (TPSA) is 73.5 Å². The Morgan fingerprint density at radius 3 is 2.62 bits per heavy atom. The SMILES string of the molecule is CCn1ccc(CNc2nc(-c3cnn(CC)c3C)cc(C(F)F)n2)n1. The molecule has 0 aliphatic heterocycles. The summed E-state index contributed by atoms with van der Waals surface area (Å²) in [5.41, 5.74) is 2.48. The normalized spacial score (nSPS) is 11.3. The van der Waals surface area contributed by atoms with Crippen molar-refractivity contribution < 1.29 is 8.78 Å². The predicted octanol–water partition coefficient (Wildman–Crippen LogP) is 3.43. The molecule has 3 rings (SSSR count). The number of alkyl halides is 2. The van der Waals surface area contributed by atoms with Crippen LogP contribution >= 0.6 is 0 Å². The van der Waals surface area contributed by atoms with Crippen LogP contribution < -0.4 is 5.32 Å². The molecule has 3 aromatic heterocycles. The number of hydrogen-bond acceptors (Lipinski definition) is 5. The predicted molar refractivity (Wildman–Crippen MR) is 93.8 cm³/mol. The molecule has 7 nitrogen and oxygen atoms in total. The minimum atomic E-state index is -2.68. The van der Waals surface area contributed by atoms with E-state index in [-0.39, 0.29) is 11.6 Å². The van der Waals surface area contributed by atoms with E-state index in [1.54, 1.807) is 15.6 Å². The van der Waals surface area contributed by atoms with Crippen LogP contribution in [0.1, 0.15) is 37.4 Å². The minimum Gasteiger partial charge on any atom is -0.348 e. The third-order valence-corrected chi connectivity index (χ3v) is 4.10. The fourth-order valence-corrected chi connectivity index (χ4v) is 2.66. The lowest BCUT2D eigenvalue weighted by Crippen LogP contribution is -2.08. The Hall–Kier alpha value is -2.84. The fraction of sp³-hybridized carbons (Fsp3) is 0.412. The first-order chi connectivity index (χ1) is 12.5. The average Bonchev–Trinajstić information content (AvgIpc) is 3.25. The zero-order valence-corrected chi connectivity index (χ0v) is 14.9. The highest BCUT2D eigenvalue weighted by molar-refractivity contribution is 5.62. The summed E-state index contributed by atoms with van der Waals surface area (Å²) in [6, 6.07) is 3.18. The Balaban J connectivity index is 1.89. The Morgan fingerprint density at radius 2 is 2.00 bits per heavy atom. The van der Waals surface area contributed by atoms with Gasteiger partial charge in [-0.15, -0.1) is 0 Å². The molecule has 0 radical (unpaired) electrons. The summed E-state index contributed by atoms with van der Waals surface area (Å²) in [5.74, 6) is 0.146. The van der Waals surface area contributed by atoms with Crippen LogP contribution in [0.3, 0.4) is 0 Å². The first-order valence-corrected chi connectivity index (χ1v) is 8.47. The molecule has 0 aliphatic carbocycles. The highest BCUT2D eigenvalue weighted by Gasteiger charge is 2.17. The van der Waals surface area contributed by atoms with Crippen molar-refractivity contribution in [1.29, 1.82) is 0 Å². The summed E-state index contributed by atoms with van der Waals surface area (Å²) in [5, 5.41) is 11.6. The van der Waals surface area contributed by atoms with Gasteiger partial charge in [-0.05, 0) is 32.9 Å². The molecular weight excluding hydrogens is 340 g/mol. The number of anilines is 1. The van der Waals surface area contributed by atoms with Gasteiger partial charge in [0.25, 0.3) is 6.43 Å². The highest BCUT2D eigenvalue weighted by Crippen LogP contribution is 2.26. The average molecular weight is 361 g/mol. The van der Waals surface area contributed by atoms with Gasteiger partial charge in [0.1, 0.15) is 5.69 Å². The molecule has 0 aromatic carbocycles. The van der Waals surface area contributed by atoms with E-state index in [1.165, 1.54) is 6.07 Å². The lowest BCUT2D eigenvalue weighted by molar-refractivity contribution is 0.146. The zero-order valence-electron chi connectivity index (χ0n) is 14.9. The van der Waals surface area contributed by atoms with Crippen LogP contribution in [-0.4, -0.2) is 29.5 Å². The maximum absolute atomic E-state index is 13.3. The van der Waals surface area contributed by atoms with E-state index < -0.39 is 6.43 Å². The molecule has 0 saturated heterocycles. The molecule has 3 heterocycles. The quantitative estimate of drug-likeness (QED) is 0.698. The van der Waals surface area contributed by atoms with E-state index in [1.807, 2.05) is 33.0 Å². The highest BCUT2D eigenvalue weighted by atomic mass is 19.3. The number of nitrogens with zero attached hydrogens (tertiary/aromatic N) is 6. The van der Waals surface area contributed by atoms with Crippen LogP contribution in [0.2, 0.25) is 0 Å². The van der Waals surface area contributed by atoms with Crippen LogP contribution in [-0.2, 0) is 19.6 Å². The van der Waals surface area contributed by atoms with Crippen LogP contribution in [0.25, 0.3) is 11.3 Å². The molecule has 1 N–H and O–H groups in total. The third-order valence-electron chi connectivity index (χ3n) is 4.10. The molecule has 0 bridgehead atoms. The first-order valence-electron chi connectivity index (χ1n) is 8.47. The van der Waals surface area contributed by atoms with Crippen molar-refractivity contribution >= 4 is 5.95 Å². The molecule has 0 saturated carbocycles. The maximum atomic E-state index is 13.3. The Kier molecular flexibility index (Phi) is 5.24. The lowest BCUT2D eigenvalue weighted by Gasteiger charge is -2.09. The Labute approximate surface area is 150 Å². The molecule has 3 aromatic rings. The molecule has 0 aliphatic rings. The number of halogens is 2. The molecule has 26 heavy (non-hydrogen) atoms. The van der Waals surface area contributed by atoms with E-state index in [4.69, 9.17) is 0 Å². The summed E-state index contributed by atoms with van der Waals surface area (Å²) in [4.78, 5) is 8.32. The van der Waals surface area contributed by atoms with Gasteiger partial charge in [0.2, 0.25) is 5.95 Å². The van der Waals surface area contributed by atoms with Gasteiger partial charge in [0, 0.05) is 30.5 Å². The molecule has 138 valence electrons. The second kappa shape index (κ2) is 7.59. The van der Waals surface area contributed by atoms with Crippen LogP contribution in [0.5, 0.6) is 0 Å². The smallest absolute Gasteiger partial charge is 0.280 e. The van der Waals surface area contributed by atoms with Gasteiger partial charge in [0.05, 0.1) is 24.1 Å². The summed E-state index contributed by atoms with van der Waals surface area (Å²) >= 11 is 0. The number of hydrogen-bond donors (Lipinski definition) is 1.